The van der Waals surface area contributed by atoms with Gasteiger partial charge in [-0.3, -0.25) is 9.79 Å². The third-order valence-corrected chi connectivity index (χ3v) is 9.74. The Hall–Kier alpha value is -3.83. The van der Waals surface area contributed by atoms with Crippen LogP contribution in [0.15, 0.2) is 52.4 Å². The van der Waals surface area contributed by atoms with Crippen molar-refractivity contribution in [3.63, 3.8) is 0 Å². The lowest BCUT2D eigenvalue weighted by atomic mass is 9.99. The van der Waals surface area contributed by atoms with Crippen LogP contribution >= 0.6 is 0 Å². The van der Waals surface area contributed by atoms with Crippen molar-refractivity contribution in [2.45, 2.75) is 55.9 Å². The maximum atomic E-state index is 13.4. The summed E-state index contributed by atoms with van der Waals surface area (Å²) in [6, 6.07) is 12.9. The van der Waals surface area contributed by atoms with E-state index in [1.807, 2.05) is 23.1 Å². The first kappa shape index (κ1) is 29.3. The van der Waals surface area contributed by atoms with Crippen LogP contribution in [0.1, 0.15) is 59.5 Å². The predicted molar refractivity (Wildman–Crippen MR) is 167 cm³/mol. The van der Waals surface area contributed by atoms with Crippen molar-refractivity contribution >= 4 is 39.2 Å². The predicted octanol–water partition coefficient (Wildman–Crippen LogP) is 4.57. The molecule has 11 heteroatoms. The first-order chi connectivity index (χ1) is 20.8. The van der Waals surface area contributed by atoms with E-state index in [1.54, 1.807) is 37.6 Å². The number of hydrogen-bond donors (Lipinski definition) is 1. The van der Waals surface area contributed by atoms with Gasteiger partial charge < -0.3 is 19.9 Å². The Morgan fingerprint density at radius 3 is 2.53 bits per heavy atom. The SMILES string of the molecule is COc1cc(C(=O)N2CCC(N3CCCCC3)CC2)ccc1Cc1nc2c(c(Nc3ccccc3S(C)(=O)=O)n1)N=CC2. The van der Waals surface area contributed by atoms with Crippen LogP contribution in [0.3, 0.4) is 0 Å². The molecule has 226 valence electrons. The average molecular weight is 603 g/mol. The third-order valence-electron chi connectivity index (χ3n) is 8.59. The van der Waals surface area contributed by atoms with Crippen molar-refractivity contribution in [2.24, 2.45) is 4.99 Å². The number of anilines is 2. The second-order valence-corrected chi connectivity index (χ2v) is 13.5. The number of hydrogen-bond acceptors (Lipinski definition) is 9. The molecule has 3 aromatic rings. The number of rotatable bonds is 8. The van der Waals surface area contributed by atoms with E-state index >= 15 is 0 Å². The maximum Gasteiger partial charge on any atom is 0.253 e. The number of nitrogens with one attached hydrogen (secondary N) is 1. The lowest BCUT2D eigenvalue weighted by Crippen LogP contribution is -2.48. The van der Waals surface area contributed by atoms with Gasteiger partial charge in [0, 0.05) is 55.6 Å². The van der Waals surface area contributed by atoms with Gasteiger partial charge in [0.25, 0.3) is 5.91 Å². The van der Waals surface area contributed by atoms with E-state index in [-0.39, 0.29) is 10.8 Å². The van der Waals surface area contributed by atoms with E-state index < -0.39 is 9.84 Å². The highest BCUT2D eigenvalue weighted by atomic mass is 32.2. The molecule has 1 amide bonds. The molecule has 2 fully saturated rings. The van der Waals surface area contributed by atoms with E-state index in [4.69, 9.17) is 14.7 Å². The molecule has 2 aromatic carbocycles. The molecule has 43 heavy (non-hydrogen) atoms. The molecular formula is C32H38N6O4S. The summed E-state index contributed by atoms with van der Waals surface area (Å²) in [6.45, 7) is 3.91. The van der Waals surface area contributed by atoms with Gasteiger partial charge in [-0.25, -0.2) is 18.4 Å². The normalized spacial score (nSPS) is 17.6. The third kappa shape index (κ3) is 6.42. The highest BCUT2D eigenvalue weighted by molar-refractivity contribution is 7.90. The second-order valence-electron chi connectivity index (χ2n) is 11.5. The molecule has 0 saturated carbocycles. The van der Waals surface area contributed by atoms with Crippen LogP contribution in [0.4, 0.5) is 17.2 Å². The number of nitrogens with zero attached hydrogens (tertiary/aromatic N) is 5. The van der Waals surface area contributed by atoms with Gasteiger partial charge in [-0.1, -0.05) is 24.6 Å². The first-order valence-electron chi connectivity index (χ1n) is 15.0. The lowest BCUT2D eigenvalue weighted by Gasteiger charge is -2.40. The highest BCUT2D eigenvalue weighted by Crippen LogP contribution is 2.35. The Morgan fingerprint density at radius 2 is 1.79 bits per heavy atom. The Labute approximate surface area is 253 Å². The Bertz CT molecular complexity index is 1640. The maximum absolute atomic E-state index is 13.4. The molecule has 0 bridgehead atoms. The largest absolute Gasteiger partial charge is 0.496 e. The Balaban J connectivity index is 1.19. The Morgan fingerprint density at radius 1 is 1.02 bits per heavy atom. The van der Waals surface area contributed by atoms with Crippen LogP contribution < -0.4 is 10.1 Å². The van der Waals surface area contributed by atoms with Crippen LogP contribution in [0.2, 0.25) is 0 Å². The zero-order valence-electron chi connectivity index (χ0n) is 24.8. The smallest absolute Gasteiger partial charge is 0.253 e. The number of methoxy groups -OCH3 is 1. The number of carbonyl (C=O) groups is 1. The number of amides is 1. The van der Waals surface area contributed by atoms with Crippen molar-refractivity contribution in [1.29, 1.82) is 0 Å². The summed E-state index contributed by atoms with van der Waals surface area (Å²) in [5.41, 5.74) is 3.26. The number of likely N-dealkylation sites (tertiary alicyclic amines) is 2. The van der Waals surface area contributed by atoms with Gasteiger partial charge in [0.05, 0.1) is 23.4 Å². The lowest BCUT2D eigenvalue weighted by molar-refractivity contribution is 0.0589. The summed E-state index contributed by atoms with van der Waals surface area (Å²) < 4.78 is 30.5. The number of sulfone groups is 1. The summed E-state index contributed by atoms with van der Waals surface area (Å²) >= 11 is 0. The van der Waals surface area contributed by atoms with Gasteiger partial charge in [0.15, 0.2) is 15.7 Å². The van der Waals surface area contributed by atoms with Gasteiger partial charge in [-0.2, -0.15) is 0 Å². The topological polar surface area (TPSA) is 117 Å². The van der Waals surface area contributed by atoms with E-state index in [2.05, 4.69) is 15.2 Å². The minimum Gasteiger partial charge on any atom is -0.496 e. The standard InChI is InChI=1S/C32H38N6O4S/c1-42-27-20-23(32(39)38-18-13-24(14-19-38)37-16-6-3-7-17-37)11-10-22(27)21-29-34-26-12-15-33-30(26)31(36-29)35-25-8-4-5-9-28(25)43(2,40)41/h4-5,8-11,15,20,24H,3,6-7,12-14,16-19,21H2,1-2H3,(H,34,35,36). The molecule has 1 aromatic heterocycles. The van der Waals surface area contributed by atoms with Crippen LogP contribution in [-0.4, -0.2) is 85.9 Å². The zero-order valence-corrected chi connectivity index (χ0v) is 25.6. The number of para-hydroxylation sites is 1. The number of aliphatic imine (C=N–C) groups is 1. The van der Waals surface area contributed by atoms with Crippen LogP contribution in [0.5, 0.6) is 5.75 Å². The molecule has 0 spiro atoms. The summed E-state index contributed by atoms with van der Waals surface area (Å²) in [7, 11) is -1.86. The molecule has 3 aliphatic heterocycles. The molecular weight excluding hydrogens is 564 g/mol. The average Bonchev–Trinajstić information content (AvgIpc) is 3.50. The summed E-state index contributed by atoms with van der Waals surface area (Å²) in [5, 5.41) is 3.19. The second kappa shape index (κ2) is 12.4. The van der Waals surface area contributed by atoms with Crippen molar-refractivity contribution < 1.29 is 17.9 Å². The molecule has 1 N–H and O–H groups in total. The number of piperidine rings is 2. The number of aromatic nitrogens is 2. The molecule has 0 atom stereocenters. The van der Waals surface area contributed by atoms with Gasteiger partial charge in [-0.15, -0.1) is 0 Å². The van der Waals surface area contributed by atoms with Crippen molar-refractivity contribution in [3.8, 4) is 5.75 Å². The summed E-state index contributed by atoms with van der Waals surface area (Å²) in [4.78, 5) is 32.1. The van der Waals surface area contributed by atoms with Crippen molar-refractivity contribution in [1.82, 2.24) is 19.8 Å². The van der Waals surface area contributed by atoms with Gasteiger partial charge in [-0.05, 0) is 63.0 Å². The van der Waals surface area contributed by atoms with E-state index in [1.165, 1.54) is 38.6 Å². The molecule has 0 radical (unpaired) electrons. The molecule has 6 rings (SSSR count). The van der Waals surface area contributed by atoms with Crippen LogP contribution in [-0.2, 0) is 22.7 Å². The molecule has 0 aliphatic carbocycles. The van der Waals surface area contributed by atoms with Crippen molar-refractivity contribution in [2.75, 3.05) is 44.9 Å². The fourth-order valence-electron chi connectivity index (χ4n) is 6.33. The van der Waals surface area contributed by atoms with Gasteiger partial charge >= 0.3 is 0 Å². The van der Waals surface area contributed by atoms with Gasteiger partial charge in [0.1, 0.15) is 17.3 Å². The van der Waals surface area contributed by atoms with Gasteiger partial charge in [0.2, 0.25) is 0 Å². The first-order valence-corrected chi connectivity index (χ1v) is 16.9. The highest BCUT2D eigenvalue weighted by Gasteiger charge is 2.28. The Kier molecular flexibility index (Phi) is 8.45. The van der Waals surface area contributed by atoms with E-state index in [9.17, 15) is 13.2 Å². The molecule has 3 aliphatic rings. The quantitative estimate of drug-likeness (QED) is 0.399. The number of benzene rings is 2. The molecule has 0 unspecified atom stereocenters. The van der Waals surface area contributed by atoms with E-state index in [0.717, 1.165) is 37.2 Å². The van der Waals surface area contributed by atoms with Crippen molar-refractivity contribution in [3.05, 3.63) is 65.1 Å². The monoisotopic (exact) mass is 602 g/mol. The molecule has 2 saturated heterocycles. The summed E-state index contributed by atoms with van der Waals surface area (Å²) in [5.74, 6) is 1.62. The molecule has 4 heterocycles. The zero-order chi connectivity index (χ0) is 30.0. The minimum absolute atomic E-state index is 0.0314. The fraction of sp³-hybridized carbons (Fsp3) is 0.438. The van der Waals surface area contributed by atoms with E-state index in [0.29, 0.717) is 53.2 Å². The minimum atomic E-state index is -3.46. The number of carbonyl (C=O) groups excluding carboxylic acids is 1. The fourth-order valence-corrected chi connectivity index (χ4v) is 7.18. The number of fused-ring (bicyclic) bond motifs is 1. The summed E-state index contributed by atoms with van der Waals surface area (Å²) in [6.07, 6.45) is 9.82. The van der Waals surface area contributed by atoms with Crippen LogP contribution in [0, 0.1) is 0 Å². The number of ether oxygens (including phenoxy) is 1. The van der Waals surface area contributed by atoms with Crippen LogP contribution in [0.25, 0.3) is 0 Å². The molecule has 10 nitrogen and oxygen atoms in total.